The van der Waals surface area contributed by atoms with Crippen LogP contribution in [0.25, 0.3) is 0 Å². The third kappa shape index (κ3) is 3.94. The van der Waals surface area contributed by atoms with E-state index in [2.05, 4.69) is 5.32 Å². The van der Waals surface area contributed by atoms with Gasteiger partial charge in [0.25, 0.3) is 15.9 Å². The minimum Gasteiger partial charge on any atom is -0.480 e. The maximum absolute atomic E-state index is 12.2. The predicted octanol–water partition coefficient (Wildman–Crippen LogP) is 0.140. The van der Waals surface area contributed by atoms with E-state index in [-0.39, 0.29) is 23.4 Å². The number of rotatable bonds is 6. The van der Waals surface area contributed by atoms with E-state index in [0.29, 0.717) is 13.0 Å². The van der Waals surface area contributed by atoms with Gasteiger partial charge in [0.1, 0.15) is 6.04 Å². The summed E-state index contributed by atoms with van der Waals surface area (Å²) in [6.07, 6.45) is 1.34. The van der Waals surface area contributed by atoms with Crippen molar-refractivity contribution in [2.24, 2.45) is 5.92 Å². The van der Waals surface area contributed by atoms with E-state index < -0.39 is 27.9 Å². The minimum absolute atomic E-state index is 0.246. The molecule has 1 aromatic rings. The standard InChI is InChI=1S/C14H20N2O7S/c1-16(2)24(20,21)11-6-5-10(23-11)13(17)15-12(14(18)19)9-4-3-7-22-8-9/h5-6,9,12H,3-4,7-8H2,1-2H3,(H,15,17)(H,18,19). The number of nitrogens with one attached hydrogen (secondary N) is 1. The molecule has 0 aromatic carbocycles. The topological polar surface area (TPSA) is 126 Å². The molecule has 9 nitrogen and oxygen atoms in total. The lowest BCUT2D eigenvalue weighted by Gasteiger charge is -2.27. The molecule has 0 radical (unpaired) electrons. The molecule has 2 heterocycles. The van der Waals surface area contributed by atoms with Gasteiger partial charge >= 0.3 is 5.97 Å². The van der Waals surface area contributed by atoms with E-state index in [1.807, 2.05) is 0 Å². The number of furan rings is 1. The first-order chi connectivity index (χ1) is 11.2. The van der Waals surface area contributed by atoms with E-state index in [1.54, 1.807) is 0 Å². The highest BCUT2D eigenvalue weighted by Crippen LogP contribution is 2.20. The second-order valence-corrected chi connectivity index (χ2v) is 7.76. The van der Waals surface area contributed by atoms with Crippen LogP contribution in [0.5, 0.6) is 0 Å². The van der Waals surface area contributed by atoms with Crippen LogP contribution in [-0.4, -0.2) is 63.1 Å². The molecule has 134 valence electrons. The highest BCUT2D eigenvalue weighted by atomic mass is 32.2. The predicted molar refractivity (Wildman–Crippen MR) is 82.0 cm³/mol. The summed E-state index contributed by atoms with van der Waals surface area (Å²) in [5.74, 6) is -2.57. The number of amides is 1. The lowest BCUT2D eigenvalue weighted by Crippen LogP contribution is -2.48. The largest absolute Gasteiger partial charge is 0.480 e. The molecule has 10 heteroatoms. The Bertz CT molecular complexity index is 704. The van der Waals surface area contributed by atoms with Crippen molar-refractivity contribution >= 4 is 21.9 Å². The fourth-order valence-electron chi connectivity index (χ4n) is 2.38. The Morgan fingerprint density at radius 2 is 2.08 bits per heavy atom. The molecule has 1 aliphatic rings. The van der Waals surface area contributed by atoms with Crippen molar-refractivity contribution in [3.8, 4) is 0 Å². The first kappa shape index (κ1) is 18.4. The Morgan fingerprint density at radius 3 is 2.62 bits per heavy atom. The van der Waals surface area contributed by atoms with Crippen LogP contribution in [0.1, 0.15) is 23.4 Å². The quantitative estimate of drug-likeness (QED) is 0.739. The van der Waals surface area contributed by atoms with Crippen molar-refractivity contribution in [1.82, 2.24) is 9.62 Å². The average Bonchev–Trinajstić information content (AvgIpc) is 3.03. The van der Waals surface area contributed by atoms with Crippen molar-refractivity contribution in [3.63, 3.8) is 0 Å². The molecule has 1 aliphatic heterocycles. The molecule has 2 N–H and O–H groups in total. The van der Waals surface area contributed by atoms with E-state index in [4.69, 9.17) is 9.15 Å². The molecule has 1 aromatic heterocycles. The molecule has 2 rings (SSSR count). The molecular formula is C14H20N2O7S. The van der Waals surface area contributed by atoms with E-state index in [0.717, 1.165) is 16.8 Å². The van der Waals surface area contributed by atoms with Gasteiger partial charge in [-0.3, -0.25) is 4.79 Å². The number of aliphatic carboxylic acids is 1. The molecule has 2 unspecified atom stereocenters. The number of carbonyl (C=O) groups excluding carboxylic acids is 1. The van der Waals surface area contributed by atoms with Gasteiger partial charge in [0, 0.05) is 26.6 Å². The van der Waals surface area contributed by atoms with Gasteiger partial charge in [-0.1, -0.05) is 0 Å². The Balaban J connectivity index is 2.13. The zero-order chi connectivity index (χ0) is 17.9. The third-order valence-electron chi connectivity index (χ3n) is 3.76. The monoisotopic (exact) mass is 360 g/mol. The lowest BCUT2D eigenvalue weighted by molar-refractivity contribution is -0.142. The summed E-state index contributed by atoms with van der Waals surface area (Å²) < 4.78 is 35.1. The molecule has 1 amide bonds. The molecule has 2 atom stereocenters. The van der Waals surface area contributed by atoms with Crippen molar-refractivity contribution < 1.29 is 32.3 Å². The van der Waals surface area contributed by atoms with Gasteiger partial charge in [0.2, 0.25) is 5.09 Å². The van der Waals surface area contributed by atoms with Gasteiger partial charge in [-0.05, 0) is 25.0 Å². The number of hydrogen-bond acceptors (Lipinski definition) is 6. The number of carbonyl (C=O) groups is 2. The summed E-state index contributed by atoms with van der Waals surface area (Å²) >= 11 is 0. The molecule has 0 bridgehead atoms. The van der Waals surface area contributed by atoms with Crippen LogP contribution in [0.4, 0.5) is 0 Å². The number of carboxylic acid groups (broad SMARTS) is 1. The van der Waals surface area contributed by atoms with Gasteiger partial charge in [0.15, 0.2) is 5.76 Å². The molecule has 1 fully saturated rings. The fourth-order valence-corrected chi connectivity index (χ4v) is 3.18. The SMILES string of the molecule is CN(C)S(=O)(=O)c1ccc(C(=O)NC(C(=O)O)C2CCCOC2)o1. The first-order valence-electron chi connectivity index (χ1n) is 7.37. The normalized spacial score (nSPS) is 19.9. The summed E-state index contributed by atoms with van der Waals surface area (Å²) in [4.78, 5) is 23.6. The van der Waals surface area contributed by atoms with Crippen molar-refractivity contribution in [1.29, 1.82) is 0 Å². The highest BCUT2D eigenvalue weighted by Gasteiger charge is 2.32. The van der Waals surface area contributed by atoms with Crippen LogP contribution < -0.4 is 5.32 Å². The molecular weight excluding hydrogens is 340 g/mol. The Hall–Kier alpha value is -1.91. The highest BCUT2D eigenvalue weighted by molar-refractivity contribution is 7.88. The summed E-state index contributed by atoms with van der Waals surface area (Å²) in [7, 11) is -1.14. The van der Waals surface area contributed by atoms with Crippen LogP contribution >= 0.6 is 0 Å². The smallest absolute Gasteiger partial charge is 0.326 e. The third-order valence-corrected chi connectivity index (χ3v) is 5.45. The molecule has 0 spiro atoms. The van der Waals surface area contributed by atoms with Crippen molar-refractivity contribution in [2.45, 2.75) is 24.0 Å². The number of nitrogens with zero attached hydrogens (tertiary/aromatic N) is 1. The Labute approximate surface area is 139 Å². The Morgan fingerprint density at radius 1 is 1.38 bits per heavy atom. The summed E-state index contributed by atoms with van der Waals surface area (Å²) in [5.41, 5.74) is 0. The molecule has 0 aliphatic carbocycles. The van der Waals surface area contributed by atoms with Gasteiger partial charge < -0.3 is 19.6 Å². The summed E-state index contributed by atoms with van der Waals surface area (Å²) in [6, 6.07) is 1.22. The first-order valence-corrected chi connectivity index (χ1v) is 8.81. The maximum Gasteiger partial charge on any atom is 0.326 e. The van der Waals surface area contributed by atoms with Gasteiger partial charge in [-0.2, -0.15) is 0 Å². The van der Waals surface area contributed by atoms with Gasteiger partial charge in [0.05, 0.1) is 6.61 Å². The number of hydrogen-bond donors (Lipinski definition) is 2. The zero-order valence-corrected chi connectivity index (χ0v) is 14.2. The van der Waals surface area contributed by atoms with E-state index in [1.165, 1.54) is 20.2 Å². The second kappa shape index (κ2) is 7.32. The average molecular weight is 360 g/mol. The number of sulfonamides is 1. The fraction of sp³-hybridized carbons (Fsp3) is 0.571. The van der Waals surface area contributed by atoms with Gasteiger partial charge in [-0.25, -0.2) is 17.5 Å². The van der Waals surface area contributed by atoms with E-state index >= 15 is 0 Å². The van der Waals surface area contributed by atoms with Crippen LogP contribution in [0.15, 0.2) is 21.6 Å². The van der Waals surface area contributed by atoms with Gasteiger partial charge in [-0.15, -0.1) is 0 Å². The number of ether oxygens (including phenoxy) is 1. The lowest BCUT2D eigenvalue weighted by atomic mass is 9.93. The second-order valence-electron chi connectivity index (χ2n) is 5.67. The summed E-state index contributed by atoms with van der Waals surface area (Å²) in [5, 5.41) is 11.3. The van der Waals surface area contributed by atoms with Crippen molar-refractivity contribution in [2.75, 3.05) is 27.3 Å². The van der Waals surface area contributed by atoms with Crippen LogP contribution in [0.3, 0.4) is 0 Å². The molecule has 24 heavy (non-hydrogen) atoms. The van der Waals surface area contributed by atoms with Crippen LogP contribution in [0, 0.1) is 5.92 Å². The molecule has 1 saturated heterocycles. The van der Waals surface area contributed by atoms with Crippen LogP contribution in [-0.2, 0) is 19.6 Å². The van der Waals surface area contributed by atoms with E-state index in [9.17, 15) is 23.1 Å². The Kier molecular flexibility index (Phi) is 5.62. The summed E-state index contributed by atoms with van der Waals surface area (Å²) in [6.45, 7) is 0.816. The molecule has 0 saturated carbocycles. The number of carboxylic acids is 1. The maximum atomic E-state index is 12.2. The van der Waals surface area contributed by atoms with Crippen molar-refractivity contribution in [3.05, 3.63) is 17.9 Å². The van der Waals surface area contributed by atoms with Crippen LogP contribution in [0.2, 0.25) is 0 Å². The minimum atomic E-state index is -3.80. The zero-order valence-electron chi connectivity index (χ0n) is 13.4.